The molecule has 4 aromatic carbocycles. The summed E-state index contributed by atoms with van der Waals surface area (Å²) in [6.07, 6.45) is 0. The Morgan fingerprint density at radius 3 is 2.06 bits per heavy atom. The lowest BCUT2D eigenvalue weighted by Gasteiger charge is -2.21. The molecule has 5 rings (SSSR count). The summed E-state index contributed by atoms with van der Waals surface area (Å²) in [7, 11) is 0. The van der Waals surface area contributed by atoms with Gasteiger partial charge in [-0.25, -0.2) is 4.90 Å². The normalized spacial score (nSPS) is 14.2. The first-order valence-corrected chi connectivity index (χ1v) is 11.8. The molecule has 0 radical (unpaired) electrons. The fourth-order valence-corrected chi connectivity index (χ4v) is 4.45. The fourth-order valence-electron chi connectivity index (χ4n) is 4.45. The average Bonchev–Trinajstić information content (AvgIpc) is 3.08. The largest absolute Gasteiger partial charge is 0.350 e. The number of carbonyl (C=O) groups is 2. The number of amides is 2. The fraction of sp³-hybridized carbons (Fsp3) is 0.161. The molecular formula is C31H28N2O2. The Morgan fingerprint density at radius 2 is 1.37 bits per heavy atom. The van der Waals surface area contributed by atoms with Crippen molar-refractivity contribution >= 4 is 39.5 Å². The van der Waals surface area contributed by atoms with Gasteiger partial charge in [0.25, 0.3) is 11.8 Å². The zero-order valence-electron chi connectivity index (χ0n) is 20.4. The smallest absolute Gasteiger partial charge is 0.282 e. The van der Waals surface area contributed by atoms with Crippen LogP contribution >= 0.6 is 0 Å². The lowest BCUT2D eigenvalue weighted by Crippen LogP contribution is -2.32. The van der Waals surface area contributed by atoms with Crippen LogP contribution in [0.25, 0.3) is 16.3 Å². The quantitative estimate of drug-likeness (QED) is 0.339. The van der Waals surface area contributed by atoms with E-state index in [0.29, 0.717) is 16.8 Å². The van der Waals surface area contributed by atoms with Crippen LogP contribution in [0.4, 0.5) is 11.4 Å². The number of hydrogen-bond donors (Lipinski definition) is 1. The molecule has 4 heteroatoms. The van der Waals surface area contributed by atoms with Gasteiger partial charge in [0.2, 0.25) is 0 Å². The molecular weight excluding hydrogens is 432 g/mol. The van der Waals surface area contributed by atoms with Crippen molar-refractivity contribution < 1.29 is 9.59 Å². The van der Waals surface area contributed by atoms with E-state index >= 15 is 0 Å². The molecule has 1 N–H and O–H groups in total. The number of benzene rings is 4. The van der Waals surface area contributed by atoms with Gasteiger partial charge in [0.1, 0.15) is 5.70 Å². The zero-order valence-corrected chi connectivity index (χ0v) is 20.4. The van der Waals surface area contributed by atoms with Crippen LogP contribution in [0.15, 0.2) is 96.7 Å². The lowest BCUT2D eigenvalue weighted by atomic mass is 9.87. The van der Waals surface area contributed by atoms with Crippen molar-refractivity contribution in [3.8, 4) is 0 Å². The van der Waals surface area contributed by atoms with E-state index in [1.807, 2.05) is 97.9 Å². The Labute approximate surface area is 205 Å². The summed E-state index contributed by atoms with van der Waals surface area (Å²) < 4.78 is 0. The maximum Gasteiger partial charge on any atom is 0.282 e. The van der Waals surface area contributed by atoms with Crippen molar-refractivity contribution in [1.82, 2.24) is 0 Å². The number of carbonyl (C=O) groups excluding carboxylic acids is 2. The first-order valence-electron chi connectivity index (χ1n) is 11.8. The molecule has 1 heterocycles. The van der Waals surface area contributed by atoms with Gasteiger partial charge in [0.05, 0.1) is 11.3 Å². The first kappa shape index (κ1) is 22.6. The highest BCUT2D eigenvalue weighted by Gasteiger charge is 2.40. The number of rotatable bonds is 4. The first-order chi connectivity index (χ1) is 16.7. The predicted molar refractivity (Wildman–Crippen MR) is 143 cm³/mol. The molecule has 0 bridgehead atoms. The molecule has 4 aromatic rings. The van der Waals surface area contributed by atoms with Crippen molar-refractivity contribution in [3.63, 3.8) is 0 Å². The molecule has 0 fully saturated rings. The maximum absolute atomic E-state index is 13.8. The van der Waals surface area contributed by atoms with Crippen molar-refractivity contribution in [2.75, 3.05) is 10.2 Å². The van der Waals surface area contributed by atoms with Crippen molar-refractivity contribution in [3.05, 3.63) is 113 Å². The van der Waals surface area contributed by atoms with Crippen LogP contribution in [0.2, 0.25) is 0 Å². The van der Waals surface area contributed by atoms with E-state index in [2.05, 4.69) is 26.1 Å². The minimum Gasteiger partial charge on any atom is -0.350 e. The van der Waals surface area contributed by atoms with Crippen LogP contribution in [0.3, 0.4) is 0 Å². The molecule has 0 unspecified atom stereocenters. The highest BCUT2D eigenvalue weighted by Crippen LogP contribution is 2.36. The van der Waals surface area contributed by atoms with Crippen LogP contribution in [-0.2, 0) is 15.0 Å². The maximum atomic E-state index is 13.8. The number of aryl methyl sites for hydroxylation is 1. The molecule has 0 aromatic heterocycles. The second kappa shape index (κ2) is 8.55. The second-order valence-electron chi connectivity index (χ2n) is 10.0. The summed E-state index contributed by atoms with van der Waals surface area (Å²) in [6.45, 7) is 8.41. The number of fused-ring (bicyclic) bond motifs is 1. The van der Waals surface area contributed by atoms with E-state index in [4.69, 9.17) is 0 Å². The standard InChI is InChI=1S/C31H28N2O2/c1-20-12-14-22(15-13-20)27-28(32-26-11-7-9-21-8-5-6-10-25(21)26)30(35)33(29(27)34)24-18-16-23(17-19-24)31(2,3)4/h5-19,32H,1-4H3. The predicted octanol–water partition coefficient (Wildman–Crippen LogP) is 6.84. The zero-order chi connectivity index (χ0) is 24.7. The Kier molecular flexibility index (Phi) is 5.52. The molecule has 0 atom stereocenters. The van der Waals surface area contributed by atoms with Gasteiger partial charge in [-0.15, -0.1) is 0 Å². The molecule has 0 aliphatic carbocycles. The second-order valence-corrected chi connectivity index (χ2v) is 10.0. The Hall–Kier alpha value is -4.18. The van der Waals surface area contributed by atoms with Crippen LogP contribution in [-0.4, -0.2) is 11.8 Å². The Morgan fingerprint density at radius 1 is 0.714 bits per heavy atom. The van der Waals surface area contributed by atoms with E-state index < -0.39 is 0 Å². The summed E-state index contributed by atoms with van der Waals surface area (Å²) in [5.41, 5.74) is 4.93. The van der Waals surface area contributed by atoms with Gasteiger partial charge < -0.3 is 5.32 Å². The molecule has 0 spiro atoms. The summed E-state index contributed by atoms with van der Waals surface area (Å²) in [6, 6.07) is 29.3. The molecule has 0 saturated heterocycles. The number of anilines is 2. The van der Waals surface area contributed by atoms with Crippen LogP contribution in [0.1, 0.15) is 37.5 Å². The highest BCUT2D eigenvalue weighted by molar-refractivity contribution is 6.46. The molecule has 1 aliphatic rings. The van der Waals surface area contributed by atoms with E-state index in [-0.39, 0.29) is 22.9 Å². The van der Waals surface area contributed by atoms with Gasteiger partial charge in [-0.05, 0) is 47.1 Å². The van der Waals surface area contributed by atoms with Crippen molar-refractivity contribution in [1.29, 1.82) is 0 Å². The van der Waals surface area contributed by atoms with E-state index in [0.717, 1.165) is 27.6 Å². The molecule has 0 saturated carbocycles. The molecule has 4 nitrogen and oxygen atoms in total. The summed E-state index contributed by atoms with van der Waals surface area (Å²) in [4.78, 5) is 28.8. The van der Waals surface area contributed by atoms with E-state index in [1.54, 1.807) is 0 Å². The third-order valence-electron chi connectivity index (χ3n) is 6.46. The molecule has 35 heavy (non-hydrogen) atoms. The minimum absolute atomic E-state index is 0.0239. The van der Waals surface area contributed by atoms with Crippen LogP contribution < -0.4 is 10.2 Å². The van der Waals surface area contributed by atoms with Gasteiger partial charge in [-0.3, -0.25) is 9.59 Å². The van der Waals surface area contributed by atoms with Gasteiger partial charge in [-0.2, -0.15) is 0 Å². The van der Waals surface area contributed by atoms with Gasteiger partial charge in [0.15, 0.2) is 0 Å². The summed E-state index contributed by atoms with van der Waals surface area (Å²) >= 11 is 0. The monoisotopic (exact) mass is 460 g/mol. The minimum atomic E-state index is -0.359. The van der Waals surface area contributed by atoms with Crippen molar-refractivity contribution in [2.24, 2.45) is 0 Å². The average molecular weight is 461 g/mol. The van der Waals surface area contributed by atoms with Gasteiger partial charge in [0, 0.05) is 11.1 Å². The summed E-state index contributed by atoms with van der Waals surface area (Å²) in [5.74, 6) is -0.688. The Bertz CT molecular complexity index is 1470. The topological polar surface area (TPSA) is 49.4 Å². The van der Waals surface area contributed by atoms with Crippen LogP contribution in [0, 0.1) is 6.92 Å². The number of nitrogens with one attached hydrogen (secondary N) is 1. The number of imide groups is 1. The van der Waals surface area contributed by atoms with E-state index in [9.17, 15) is 9.59 Å². The lowest BCUT2D eigenvalue weighted by molar-refractivity contribution is -0.120. The van der Waals surface area contributed by atoms with Crippen LogP contribution in [0.5, 0.6) is 0 Å². The molecule has 2 amide bonds. The van der Waals surface area contributed by atoms with Crippen molar-refractivity contribution in [2.45, 2.75) is 33.1 Å². The highest BCUT2D eigenvalue weighted by atomic mass is 16.2. The SMILES string of the molecule is Cc1ccc(C2=C(Nc3cccc4ccccc34)C(=O)N(c3ccc(C(C)(C)C)cc3)C2=O)cc1. The van der Waals surface area contributed by atoms with Gasteiger partial charge in [-0.1, -0.05) is 99.1 Å². The third kappa shape index (κ3) is 4.12. The Balaban J connectivity index is 1.61. The van der Waals surface area contributed by atoms with Gasteiger partial charge >= 0.3 is 0 Å². The molecule has 174 valence electrons. The number of hydrogen-bond acceptors (Lipinski definition) is 3. The van der Waals surface area contributed by atoms with E-state index in [1.165, 1.54) is 4.90 Å². The molecule has 1 aliphatic heterocycles. The third-order valence-corrected chi connectivity index (χ3v) is 6.46. The number of nitrogens with zero attached hydrogens (tertiary/aromatic N) is 1. The summed E-state index contributed by atoms with van der Waals surface area (Å²) in [5, 5.41) is 5.37.